The number of fused-ring (bicyclic) bond motifs is 1. The van der Waals surface area contributed by atoms with Gasteiger partial charge in [-0.1, -0.05) is 37.5 Å². The van der Waals surface area contributed by atoms with Gasteiger partial charge in [0.2, 0.25) is 5.91 Å². The van der Waals surface area contributed by atoms with Crippen LogP contribution in [0.1, 0.15) is 60.6 Å². The first-order valence-electron chi connectivity index (χ1n) is 9.84. The molecule has 1 aliphatic heterocycles. The van der Waals surface area contributed by atoms with E-state index in [0.29, 0.717) is 17.2 Å². The van der Waals surface area contributed by atoms with Crippen LogP contribution in [0.15, 0.2) is 48.7 Å². The zero-order valence-corrected chi connectivity index (χ0v) is 15.4. The van der Waals surface area contributed by atoms with Gasteiger partial charge in [0.25, 0.3) is 5.91 Å². The molecule has 27 heavy (non-hydrogen) atoms. The molecule has 1 fully saturated rings. The minimum absolute atomic E-state index is 0.0159. The fourth-order valence-corrected chi connectivity index (χ4v) is 4.23. The summed E-state index contributed by atoms with van der Waals surface area (Å²) in [6, 6.07) is 12.7. The van der Waals surface area contributed by atoms with Gasteiger partial charge < -0.3 is 5.32 Å². The molecule has 2 aliphatic rings. The third-order valence-electron chi connectivity index (χ3n) is 5.64. The summed E-state index contributed by atoms with van der Waals surface area (Å²) >= 11 is 0. The van der Waals surface area contributed by atoms with Crippen LogP contribution in [0.4, 0.5) is 5.69 Å². The Morgan fingerprint density at radius 3 is 2.63 bits per heavy atom. The van der Waals surface area contributed by atoms with Crippen LogP contribution < -0.4 is 10.2 Å². The van der Waals surface area contributed by atoms with E-state index in [1.165, 1.54) is 32.1 Å². The van der Waals surface area contributed by atoms with Crippen molar-refractivity contribution in [3.63, 3.8) is 0 Å². The van der Waals surface area contributed by atoms with Crippen LogP contribution in [0, 0.1) is 5.92 Å². The van der Waals surface area contributed by atoms with Crippen molar-refractivity contribution >= 4 is 17.5 Å². The van der Waals surface area contributed by atoms with E-state index in [0.717, 1.165) is 12.2 Å². The molecule has 1 atom stereocenters. The number of rotatable bonds is 5. The van der Waals surface area contributed by atoms with Gasteiger partial charge in [0, 0.05) is 18.4 Å². The molecule has 2 amide bonds. The molecule has 1 N–H and O–H groups in total. The van der Waals surface area contributed by atoms with Crippen molar-refractivity contribution in [3.05, 3.63) is 59.9 Å². The molecule has 1 aliphatic carbocycles. The number of carbonyl (C=O) groups excluding carboxylic acids is 2. The standard InChI is InChI=1S/C22H25N3O2/c26-20(24-15-16-8-3-1-4-9-16)14-19-21-18(12-7-13-23-21)22(27)25(19)17-10-5-2-6-11-17/h2,5-7,10-13,16,19H,1,3-4,8-9,14-15H2,(H,24,26). The normalized spacial score (nSPS) is 19.8. The van der Waals surface area contributed by atoms with Crippen molar-refractivity contribution in [1.82, 2.24) is 10.3 Å². The molecule has 5 heteroatoms. The van der Waals surface area contributed by atoms with Crippen LogP contribution >= 0.6 is 0 Å². The molecule has 4 rings (SSSR count). The molecule has 2 heterocycles. The van der Waals surface area contributed by atoms with Gasteiger partial charge in [-0.2, -0.15) is 0 Å². The van der Waals surface area contributed by atoms with Crippen molar-refractivity contribution in [3.8, 4) is 0 Å². The lowest BCUT2D eigenvalue weighted by Crippen LogP contribution is -2.35. The monoisotopic (exact) mass is 363 g/mol. The second-order valence-corrected chi connectivity index (χ2v) is 7.47. The number of hydrogen-bond acceptors (Lipinski definition) is 3. The molecule has 1 saturated carbocycles. The average molecular weight is 363 g/mol. The first-order valence-corrected chi connectivity index (χ1v) is 9.84. The smallest absolute Gasteiger partial charge is 0.260 e. The topological polar surface area (TPSA) is 62.3 Å². The predicted molar refractivity (Wildman–Crippen MR) is 104 cm³/mol. The second kappa shape index (κ2) is 7.91. The zero-order valence-electron chi connectivity index (χ0n) is 15.4. The number of anilines is 1. The molecular weight excluding hydrogens is 338 g/mol. The molecule has 2 aromatic rings. The van der Waals surface area contributed by atoms with Gasteiger partial charge in [0.15, 0.2) is 0 Å². The Bertz CT molecular complexity index is 815. The van der Waals surface area contributed by atoms with Crippen LogP contribution in [-0.2, 0) is 4.79 Å². The summed E-state index contributed by atoms with van der Waals surface area (Å²) in [5.41, 5.74) is 2.08. The lowest BCUT2D eigenvalue weighted by atomic mass is 9.89. The summed E-state index contributed by atoms with van der Waals surface area (Å²) in [6.45, 7) is 0.736. The van der Waals surface area contributed by atoms with E-state index >= 15 is 0 Å². The summed E-state index contributed by atoms with van der Waals surface area (Å²) in [7, 11) is 0. The van der Waals surface area contributed by atoms with E-state index in [9.17, 15) is 9.59 Å². The highest BCUT2D eigenvalue weighted by atomic mass is 16.2. The fraction of sp³-hybridized carbons (Fsp3) is 0.409. The summed E-state index contributed by atoms with van der Waals surface area (Å²) in [5, 5.41) is 3.09. The van der Waals surface area contributed by atoms with Gasteiger partial charge in [0.1, 0.15) is 0 Å². The zero-order chi connectivity index (χ0) is 18.6. The number of nitrogens with one attached hydrogen (secondary N) is 1. The van der Waals surface area contributed by atoms with Crippen molar-refractivity contribution < 1.29 is 9.59 Å². The number of para-hydroxylation sites is 1. The Labute approximate surface area is 159 Å². The molecule has 1 aromatic heterocycles. The number of aromatic nitrogens is 1. The Kier molecular flexibility index (Phi) is 5.19. The van der Waals surface area contributed by atoms with E-state index in [1.807, 2.05) is 30.3 Å². The summed E-state index contributed by atoms with van der Waals surface area (Å²) in [6.07, 6.45) is 8.15. The Morgan fingerprint density at radius 1 is 1.07 bits per heavy atom. The molecular formula is C22H25N3O2. The van der Waals surface area contributed by atoms with E-state index in [4.69, 9.17) is 0 Å². The van der Waals surface area contributed by atoms with E-state index in [1.54, 1.807) is 23.2 Å². The van der Waals surface area contributed by atoms with Gasteiger partial charge in [0.05, 0.1) is 23.7 Å². The first kappa shape index (κ1) is 17.7. The van der Waals surface area contributed by atoms with Gasteiger partial charge >= 0.3 is 0 Å². The fourth-order valence-electron chi connectivity index (χ4n) is 4.23. The predicted octanol–water partition coefficient (Wildman–Crippen LogP) is 3.87. The minimum Gasteiger partial charge on any atom is -0.356 e. The number of nitrogens with zero attached hydrogens (tertiary/aromatic N) is 2. The lowest BCUT2D eigenvalue weighted by Gasteiger charge is -2.25. The summed E-state index contributed by atoms with van der Waals surface area (Å²) in [4.78, 5) is 31.7. The maximum Gasteiger partial charge on any atom is 0.260 e. The Hall–Kier alpha value is -2.69. The molecule has 140 valence electrons. The number of carbonyl (C=O) groups is 2. The van der Waals surface area contributed by atoms with Crippen LogP contribution in [0.25, 0.3) is 0 Å². The number of benzene rings is 1. The van der Waals surface area contributed by atoms with Crippen molar-refractivity contribution in [2.24, 2.45) is 5.92 Å². The molecule has 0 spiro atoms. The highest BCUT2D eigenvalue weighted by molar-refractivity contribution is 6.11. The van der Waals surface area contributed by atoms with Crippen LogP contribution in [0.2, 0.25) is 0 Å². The highest BCUT2D eigenvalue weighted by Gasteiger charge is 2.39. The second-order valence-electron chi connectivity index (χ2n) is 7.47. The lowest BCUT2D eigenvalue weighted by molar-refractivity contribution is -0.121. The molecule has 5 nitrogen and oxygen atoms in total. The van der Waals surface area contributed by atoms with Crippen LogP contribution in [0.3, 0.4) is 0 Å². The van der Waals surface area contributed by atoms with Crippen molar-refractivity contribution in [2.75, 3.05) is 11.4 Å². The third kappa shape index (κ3) is 3.72. The van der Waals surface area contributed by atoms with Crippen molar-refractivity contribution in [2.45, 2.75) is 44.6 Å². The van der Waals surface area contributed by atoms with Crippen LogP contribution in [-0.4, -0.2) is 23.3 Å². The van der Waals surface area contributed by atoms with Gasteiger partial charge in [-0.3, -0.25) is 19.5 Å². The molecule has 0 radical (unpaired) electrons. The summed E-state index contributed by atoms with van der Waals surface area (Å²) in [5.74, 6) is 0.482. The van der Waals surface area contributed by atoms with Gasteiger partial charge in [-0.25, -0.2) is 0 Å². The SMILES string of the molecule is O=C(CC1c2ncccc2C(=O)N1c1ccccc1)NCC1CCCCC1. The number of amides is 2. The molecule has 1 aromatic carbocycles. The van der Waals surface area contributed by atoms with E-state index in [2.05, 4.69) is 10.3 Å². The summed E-state index contributed by atoms with van der Waals surface area (Å²) < 4.78 is 0. The Morgan fingerprint density at radius 2 is 1.85 bits per heavy atom. The van der Waals surface area contributed by atoms with Gasteiger partial charge in [-0.05, 0) is 43.0 Å². The Balaban J connectivity index is 1.51. The first-order chi connectivity index (χ1) is 13.2. The van der Waals surface area contributed by atoms with Crippen LogP contribution in [0.5, 0.6) is 0 Å². The maximum absolute atomic E-state index is 12.9. The molecule has 1 unspecified atom stereocenters. The van der Waals surface area contributed by atoms with Crippen molar-refractivity contribution in [1.29, 1.82) is 0 Å². The molecule has 0 bridgehead atoms. The van der Waals surface area contributed by atoms with E-state index in [-0.39, 0.29) is 24.3 Å². The largest absolute Gasteiger partial charge is 0.356 e. The third-order valence-corrected chi connectivity index (χ3v) is 5.64. The van der Waals surface area contributed by atoms with E-state index < -0.39 is 0 Å². The molecule has 0 saturated heterocycles. The highest BCUT2D eigenvalue weighted by Crippen LogP contribution is 2.38. The van der Waals surface area contributed by atoms with Gasteiger partial charge in [-0.15, -0.1) is 0 Å². The number of pyridine rings is 1. The average Bonchev–Trinajstić information content (AvgIpc) is 3.00. The maximum atomic E-state index is 12.9. The quantitative estimate of drug-likeness (QED) is 0.877. The number of hydrogen-bond donors (Lipinski definition) is 1. The minimum atomic E-state index is -0.359.